The molecule has 0 unspecified atom stereocenters. The number of fused-ring (bicyclic) bond motifs is 1. The summed E-state index contributed by atoms with van der Waals surface area (Å²) in [5.41, 5.74) is -0.0654. The topological polar surface area (TPSA) is 94.8 Å². The molecule has 0 aliphatic carbocycles. The van der Waals surface area contributed by atoms with Crippen LogP contribution in [0, 0.1) is 11.3 Å². The zero-order chi connectivity index (χ0) is 17.5. The Morgan fingerprint density at radius 2 is 1.92 bits per heavy atom. The first-order chi connectivity index (χ1) is 11.3. The second-order valence-corrected chi connectivity index (χ2v) is 7.20. The molecule has 24 heavy (non-hydrogen) atoms. The van der Waals surface area contributed by atoms with Crippen molar-refractivity contribution in [3.8, 4) is 6.07 Å². The molecular weight excluding hydrogens is 306 g/mol. The van der Waals surface area contributed by atoms with Crippen molar-refractivity contribution < 1.29 is 0 Å². The number of nitriles is 1. The fourth-order valence-electron chi connectivity index (χ4n) is 3.31. The Morgan fingerprint density at radius 1 is 1.25 bits per heavy atom. The van der Waals surface area contributed by atoms with Gasteiger partial charge in [0.25, 0.3) is 0 Å². The summed E-state index contributed by atoms with van der Waals surface area (Å²) in [6.45, 7) is 8.22. The fraction of sp³-hybridized carbons (Fsp3) is 0.529. The molecule has 2 aromatic heterocycles. The van der Waals surface area contributed by atoms with Crippen molar-refractivity contribution in [2.75, 3.05) is 13.1 Å². The summed E-state index contributed by atoms with van der Waals surface area (Å²) >= 11 is 0. The van der Waals surface area contributed by atoms with Crippen LogP contribution in [-0.4, -0.2) is 38.1 Å². The van der Waals surface area contributed by atoms with Gasteiger partial charge in [-0.15, -0.1) is 0 Å². The second kappa shape index (κ2) is 5.87. The van der Waals surface area contributed by atoms with E-state index in [-0.39, 0.29) is 17.3 Å². The molecule has 7 nitrogen and oxygen atoms in total. The molecule has 1 saturated heterocycles. The lowest BCUT2D eigenvalue weighted by atomic mass is 9.98. The number of aromatic nitrogens is 3. The Balaban J connectivity index is 2.06. The van der Waals surface area contributed by atoms with Crippen LogP contribution in [0.5, 0.6) is 0 Å². The number of aromatic amines is 1. The summed E-state index contributed by atoms with van der Waals surface area (Å²) < 4.78 is 1.48. The quantitative estimate of drug-likeness (QED) is 0.799. The molecule has 3 rings (SSSR count). The third-order valence-corrected chi connectivity index (χ3v) is 4.66. The minimum absolute atomic E-state index is 0.0812. The molecule has 1 aliphatic rings. The standard InChI is InChI=1S/C17H21N5O2/c1-17(2,3)21-8-6-12(7-9-21)22-14-13(20-15(23)16(22)24)5-4-11(10-18)19-14/h4-5,12H,6-9H2,1-3H3,(H,20,23). The van der Waals surface area contributed by atoms with Gasteiger partial charge in [-0.1, -0.05) is 0 Å². The van der Waals surface area contributed by atoms with Crippen molar-refractivity contribution in [3.05, 3.63) is 38.5 Å². The van der Waals surface area contributed by atoms with Gasteiger partial charge in [0.15, 0.2) is 5.65 Å². The van der Waals surface area contributed by atoms with Crippen LogP contribution in [0.2, 0.25) is 0 Å². The van der Waals surface area contributed by atoms with E-state index in [9.17, 15) is 9.59 Å². The predicted octanol–water partition coefficient (Wildman–Crippen LogP) is 1.39. The summed E-state index contributed by atoms with van der Waals surface area (Å²) in [7, 11) is 0. The first-order valence-corrected chi connectivity index (χ1v) is 8.12. The number of likely N-dealkylation sites (tertiary alicyclic amines) is 1. The molecule has 2 aromatic rings. The number of hydrogen-bond donors (Lipinski definition) is 1. The third kappa shape index (κ3) is 2.85. The van der Waals surface area contributed by atoms with Crippen LogP contribution in [-0.2, 0) is 0 Å². The summed E-state index contributed by atoms with van der Waals surface area (Å²) in [6.07, 6.45) is 1.54. The number of piperidine rings is 1. The Labute approximate surface area is 139 Å². The normalized spacial score (nSPS) is 17.1. The molecule has 126 valence electrons. The van der Waals surface area contributed by atoms with Crippen LogP contribution in [0.15, 0.2) is 21.7 Å². The van der Waals surface area contributed by atoms with Crippen LogP contribution in [0.4, 0.5) is 0 Å². The van der Waals surface area contributed by atoms with Crippen molar-refractivity contribution in [2.45, 2.75) is 45.2 Å². The number of nitrogens with zero attached hydrogens (tertiary/aromatic N) is 4. The van der Waals surface area contributed by atoms with E-state index in [0.717, 1.165) is 25.9 Å². The summed E-state index contributed by atoms with van der Waals surface area (Å²) in [4.78, 5) is 33.6. The van der Waals surface area contributed by atoms with Gasteiger partial charge in [-0.05, 0) is 45.7 Å². The molecule has 1 aliphatic heterocycles. The van der Waals surface area contributed by atoms with Gasteiger partial charge in [-0.3, -0.25) is 19.1 Å². The maximum absolute atomic E-state index is 12.4. The van der Waals surface area contributed by atoms with Gasteiger partial charge >= 0.3 is 11.1 Å². The highest BCUT2D eigenvalue weighted by molar-refractivity contribution is 5.70. The highest BCUT2D eigenvalue weighted by Gasteiger charge is 2.29. The van der Waals surface area contributed by atoms with Gasteiger partial charge in [-0.2, -0.15) is 5.26 Å². The number of rotatable bonds is 1. The average Bonchev–Trinajstić information content (AvgIpc) is 2.55. The number of H-pyrrole nitrogens is 1. The van der Waals surface area contributed by atoms with Gasteiger partial charge in [0.05, 0.1) is 5.52 Å². The molecule has 0 atom stereocenters. The predicted molar refractivity (Wildman–Crippen MR) is 90.9 cm³/mol. The van der Waals surface area contributed by atoms with Crippen LogP contribution in [0.25, 0.3) is 11.2 Å². The average molecular weight is 327 g/mol. The molecule has 1 fully saturated rings. The molecular formula is C17H21N5O2. The molecule has 0 aromatic carbocycles. The molecule has 0 saturated carbocycles. The van der Waals surface area contributed by atoms with Crippen molar-refractivity contribution in [1.82, 2.24) is 19.4 Å². The Bertz CT molecular complexity index is 921. The molecule has 0 bridgehead atoms. The fourth-order valence-corrected chi connectivity index (χ4v) is 3.31. The maximum atomic E-state index is 12.4. The van der Waals surface area contributed by atoms with Gasteiger partial charge in [-0.25, -0.2) is 4.98 Å². The molecule has 3 heterocycles. The van der Waals surface area contributed by atoms with E-state index in [1.54, 1.807) is 6.07 Å². The van der Waals surface area contributed by atoms with E-state index in [1.165, 1.54) is 10.6 Å². The summed E-state index contributed by atoms with van der Waals surface area (Å²) in [6, 6.07) is 5.07. The molecule has 0 amide bonds. The zero-order valence-electron chi connectivity index (χ0n) is 14.2. The minimum atomic E-state index is -0.646. The number of pyridine rings is 1. The van der Waals surface area contributed by atoms with Gasteiger partial charge in [0.1, 0.15) is 11.8 Å². The smallest absolute Gasteiger partial charge is 0.315 e. The Hall–Kier alpha value is -2.46. The van der Waals surface area contributed by atoms with E-state index in [2.05, 4.69) is 35.6 Å². The van der Waals surface area contributed by atoms with Gasteiger partial charge in [0, 0.05) is 24.7 Å². The van der Waals surface area contributed by atoms with Crippen LogP contribution in [0.3, 0.4) is 0 Å². The van der Waals surface area contributed by atoms with Gasteiger partial charge < -0.3 is 4.98 Å². The van der Waals surface area contributed by atoms with Crippen molar-refractivity contribution in [2.24, 2.45) is 0 Å². The van der Waals surface area contributed by atoms with E-state index in [0.29, 0.717) is 11.2 Å². The summed E-state index contributed by atoms with van der Waals surface area (Å²) in [5.74, 6) is 0. The van der Waals surface area contributed by atoms with Crippen molar-refractivity contribution in [1.29, 1.82) is 5.26 Å². The van der Waals surface area contributed by atoms with E-state index in [1.807, 2.05) is 6.07 Å². The highest BCUT2D eigenvalue weighted by atomic mass is 16.2. The minimum Gasteiger partial charge on any atom is -0.315 e. The largest absolute Gasteiger partial charge is 0.318 e. The van der Waals surface area contributed by atoms with E-state index >= 15 is 0 Å². The van der Waals surface area contributed by atoms with Gasteiger partial charge in [0.2, 0.25) is 0 Å². The maximum Gasteiger partial charge on any atom is 0.318 e. The second-order valence-electron chi connectivity index (χ2n) is 7.20. The monoisotopic (exact) mass is 327 g/mol. The Kier molecular flexibility index (Phi) is 4.01. The number of nitrogens with one attached hydrogen (secondary N) is 1. The zero-order valence-corrected chi connectivity index (χ0v) is 14.2. The van der Waals surface area contributed by atoms with E-state index < -0.39 is 11.1 Å². The van der Waals surface area contributed by atoms with Crippen LogP contribution < -0.4 is 11.1 Å². The summed E-state index contributed by atoms with van der Waals surface area (Å²) in [5, 5.41) is 9.07. The molecule has 0 spiro atoms. The molecule has 7 heteroatoms. The SMILES string of the molecule is CC(C)(C)N1CCC(n2c(=O)c(=O)[nH]c3ccc(C#N)nc32)CC1. The van der Waals surface area contributed by atoms with Crippen LogP contribution >= 0.6 is 0 Å². The lowest BCUT2D eigenvalue weighted by Crippen LogP contribution is -2.48. The highest BCUT2D eigenvalue weighted by Crippen LogP contribution is 2.27. The van der Waals surface area contributed by atoms with Crippen LogP contribution in [0.1, 0.15) is 45.3 Å². The molecule has 0 radical (unpaired) electrons. The lowest BCUT2D eigenvalue weighted by molar-refractivity contribution is 0.0898. The Morgan fingerprint density at radius 3 is 2.50 bits per heavy atom. The van der Waals surface area contributed by atoms with Crippen molar-refractivity contribution >= 4 is 11.2 Å². The first-order valence-electron chi connectivity index (χ1n) is 8.12. The van der Waals surface area contributed by atoms with Crippen molar-refractivity contribution in [3.63, 3.8) is 0 Å². The first kappa shape index (κ1) is 16.4. The van der Waals surface area contributed by atoms with E-state index in [4.69, 9.17) is 5.26 Å². The number of hydrogen-bond acceptors (Lipinski definition) is 5. The third-order valence-electron chi connectivity index (χ3n) is 4.66. The lowest BCUT2D eigenvalue weighted by Gasteiger charge is -2.41. The molecule has 1 N–H and O–H groups in total.